The summed E-state index contributed by atoms with van der Waals surface area (Å²) in [6, 6.07) is 0. The molecule has 1 aliphatic heterocycles. The molecule has 0 N–H and O–H groups in total. The predicted octanol–water partition coefficient (Wildman–Crippen LogP) is 3.42. The van der Waals surface area contributed by atoms with Gasteiger partial charge in [0.2, 0.25) is 0 Å². The number of allylic oxidation sites excluding steroid dienone is 1. The minimum absolute atomic E-state index is 0.783. The van der Waals surface area contributed by atoms with Gasteiger partial charge in [-0.05, 0) is 31.6 Å². The highest BCUT2D eigenvalue weighted by Gasteiger charge is 2.21. The summed E-state index contributed by atoms with van der Waals surface area (Å²) in [5, 5.41) is 0. The Kier molecular flexibility index (Phi) is 4.34. The van der Waals surface area contributed by atoms with E-state index in [1.165, 1.54) is 50.9 Å². The van der Waals surface area contributed by atoms with Crippen LogP contribution in [0.2, 0.25) is 0 Å². The molecule has 0 aromatic rings. The maximum Gasteiger partial charge on any atom is 0.0175 e. The average Bonchev–Trinajstić information content (AvgIpc) is 2.13. The van der Waals surface area contributed by atoms with E-state index in [-0.39, 0.29) is 0 Å². The van der Waals surface area contributed by atoms with Crippen LogP contribution in [-0.2, 0) is 0 Å². The van der Waals surface area contributed by atoms with Crippen molar-refractivity contribution in [3.8, 4) is 0 Å². The first kappa shape index (κ1) is 10.6. The van der Waals surface area contributed by atoms with Gasteiger partial charge in [0.1, 0.15) is 0 Å². The van der Waals surface area contributed by atoms with Crippen LogP contribution in [0.3, 0.4) is 0 Å². The Morgan fingerprint density at radius 2 is 2.15 bits per heavy atom. The minimum Gasteiger partial charge on any atom is -0.375 e. The lowest BCUT2D eigenvalue weighted by atomic mass is 9.90. The second-order valence-electron chi connectivity index (χ2n) is 4.11. The first-order chi connectivity index (χ1) is 6.29. The second-order valence-corrected chi connectivity index (χ2v) is 4.11. The Hall–Kier alpha value is -0.460. The van der Waals surface area contributed by atoms with E-state index in [0.29, 0.717) is 0 Å². The Balaban J connectivity index is 2.45. The van der Waals surface area contributed by atoms with Gasteiger partial charge in [-0.3, -0.25) is 0 Å². The first-order valence-electron chi connectivity index (χ1n) is 5.73. The molecule has 1 unspecified atom stereocenters. The standard InChI is InChI=1S/C12H23N/c1-4-7-12-8-6-10-13(9-5-2)11(12)3/h12H,3-10H2,1-2H3. The van der Waals surface area contributed by atoms with Crippen LogP contribution in [0.15, 0.2) is 12.3 Å². The Morgan fingerprint density at radius 3 is 2.77 bits per heavy atom. The van der Waals surface area contributed by atoms with Crippen LogP contribution >= 0.6 is 0 Å². The normalized spacial score (nSPS) is 23.7. The summed E-state index contributed by atoms with van der Waals surface area (Å²) in [5.74, 6) is 0.783. The van der Waals surface area contributed by atoms with Gasteiger partial charge in [0.05, 0.1) is 0 Å². The number of rotatable bonds is 4. The average molecular weight is 181 g/mol. The fourth-order valence-corrected chi connectivity index (χ4v) is 2.28. The molecule has 13 heavy (non-hydrogen) atoms. The van der Waals surface area contributed by atoms with Crippen LogP contribution in [0.25, 0.3) is 0 Å². The molecule has 1 rings (SSSR count). The molecule has 1 fully saturated rings. The third kappa shape index (κ3) is 2.75. The molecule has 0 bridgehead atoms. The largest absolute Gasteiger partial charge is 0.375 e. The fraction of sp³-hybridized carbons (Fsp3) is 0.833. The van der Waals surface area contributed by atoms with Crippen molar-refractivity contribution in [1.29, 1.82) is 0 Å². The van der Waals surface area contributed by atoms with Gasteiger partial charge < -0.3 is 4.90 Å². The highest BCUT2D eigenvalue weighted by atomic mass is 15.1. The topological polar surface area (TPSA) is 3.24 Å². The van der Waals surface area contributed by atoms with E-state index in [0.717, 1.165) is 5.92 Å². The number of piperidine rings is 1. The molecule has 76 valence electrons. The van der Waals surface area contributed by atoms with Crippen molar-refractivity contribution in [1.82, 2.24) is 4.90 Å². The lowest BCUT2D eigenvalue weighted by Crippen LogP contribution is -2.33. The molecule has 1 nitrogen and oxygen atoms in total. The van der Waals surface area contributed by atoms with Crippen LogP contribution in [0.1, 0.15) is 46.0 Å². The molecule has 0 aromatic heterocycles. The highest BCUT2D eigenvalue weighted by molar-refractivity contribution is 5.02. The molecule has 0 radical (unpaired) electrons. The zero-order chi connectivity index (χ0) is 9.68. The molecule has 0 aliphatic carbocycles. The molecule has 0 saturated carbocycles. The quantitative estimate of drug-likeness (QED) is 0.642. The van der Waals surface area contributed by atoms with Gasteiger partial charge in [-0.1, -0.05) is 26.8 Å². The molecule has 1 atom stereocenters. The van der Waals surface area contributed by atoms with E-state index < -0.39 is 0 Å². The van der Waals surface area contributed by atoms with Crippen molar-refractivity contribution in [2.75, 3.05) is 13.1 Å². The maximum atomic E-state index is 4.24. The van der Waals surface area contributed by atoms with Gasteiger partial charge in [0.25, 0.3) is 0 Å². The lowest BCUT2D eigenvalue weighted by Gasteiger charge is -2.36. The van der Waals surface area contributed by atoms with E-state index >= 15 is 0 Å². The summed E-state index contributed by atoms with van der Waals surface area (Å²) < 4.78 is 0. The number of nitrogens with zero attached hydrogens (tertiary/aromatic N) is 1. The van der Waals surface area contributed by atoms with Gasteiger partial charge in [-0.15, -0.1) is 0 Å². The van der Waals surface area contributed by atoms with Crippen molar-refractivity contribution < 1.29 is 0 Å². The van der Waals surface area contributed by atoms with Crippen molar-refractivity contribution >= 4 is 0 Å². The zero-order valence-electron chi connectivity index (χ0n) is 9.18. The molecule has 1 saturated heterocycles. The van der Waals surface area contributed by atoms with Crippen LogP contribution < -0.4 is 0 Å². The smallest absolute Gasteiger partial charge is 0.0175 e. The molecular formula is C12H23N. The van der Waals surface area contributed by atoms with E-state index in [1.807, 2.05) is 0 Å². The van der Waals surface area contributed by atoms with Gasteiger partial charge in [-0.2, -0.15) is 0 Å². The molecule has 0 amide bonds. The summed E-state index contributed by atoms with van der Waals surface area (Å²) in [6.07, 6.45) is 6.61. The van der Waals surface area contributed by atoms with Gasteiger partial charge >= 0.3 is 0 Å². The summed E-state index contributed by atoms with van der Waals surface area (Å²) in [7, 11) is 0. The zero-order valence-corrected chi connectivity index (χ0v) is 9.18. The third-order valence-electron chi connectivity index (χ3n) is 2.99. The van der Waals surface area contributed by atoms with Crippen LogP contribution in [0, 0.1) is 5.92 Å². The Bertz CT molecular complexity index is 143. The van der Waals surface area contributed by atoms with Crippen LogP contribution in [0.5, 0.6) is 0 Å². The monoisotopic (exact) mass is 181 g/mol. The number of likely N-dealkylation sites (tertiary alicyclic amines) is 1. The van der Waals surface area contributed by atoms with Crippen molar-refractivity contribution in [3.63, 3.8) is 0 Å². The van der Waals surface area contributed by atoms with E-state index in [4.69, 9.17) is 0 Å². The minimum atomic E-state index is 0.783. The summed E-state index contributed by atoms with van der Waals surface area (Å²) in [6.45, 7) is 11.2. The van der Waals surface area contributed by atoms with E-state index in [2.05, 4.69) is 25.3 Å². The molecule has 0 spiro atoms. The Labute approximate surface area is 82.8 Å². The number of hydrogen-bond acceptors (Lipinski definition) is 1. The van der Waals surface area contributed by atoms with Gasteiger partial charge in [0, 0.05) is 18.8 Å². The highest BCUT2D eigenvalue weighted by Crippen LogP contribution is 2.29. The van der Waals surface area contributed by atoms with Crippen LogP contribution in [-0.4, -0.2) is 18.0 Å². The predicted molar refractivity (Wildman–Crippen MR) is 58.6 cm³/mol. The third-order valence-corrected chi connectivity index (χ3v) is 2.99. The number of hydrogen-bond donors (Lipinski definition) is 0. The molecule has 1 aliphatic rings. The SMILES string of the molecule is C=C1C(CCC)CCCN1CCC. The maximum absolute atomic E-state index is 4.24. The molecule has 1 heterocycles. The molecular weight excluding hydrogens is 158 g/mol. The van der Waals surface area contributed by atoms with Gasteiger partial charge in [0.15, 0.2) is 0 Å². The molecule has 1 heteroatoms. The Morgan fingerprint density at radius 1 is 1.38 bits per heavy atom. The van der Waals surface area contributed by atoms with Gasteiger partial charge in [-0.25, -0.2) is 0 Å². The van der Waals surface area contributed by atoms with E-state index in [9.17, 15) is 0 Å². The second kappa shape index (κ2) is 5.31. The molecule has 0 aromatic carbocycles. The van der Waals surface area contributed by atoms with Crippen molar-refractivity contribution in [3.05, 3.63) is 12.3 Å². The fourth-order valence-electron chi connectivity index (χ4n) is 2.28. The summed E-state index contributed by atoms with van der Waals surface area (Å²) in [5.41, 5.74) is 1.41. The summed E-state index contributed by atoms with van der Waals surface area (Å²) in [4.78, 5) is 2.49. The first-order valence-corrected chi connectivity index (χ1v) is 5.73. The van der Waals surface area contributed by atoms with Crippen molar-refractivity contribution in [2.45, 2.75) is 46.0 Å². The van der Waals surface area contributed by atoms with Crippen LogP contribution in [0.4, 0.5) is 0 Å². The van der Waals surface area contributed by atoms with Crippen molar-refractivity contribution in [2.24, 2.45) is 5.92 Å². The van der Waals surface area contributed by atoms with E-state index in [1.54, 1.807) is 0 Å². The summed E-state index contributed by atoms with van der Waals surface area (Å²) >= 11 is 0. The lowest BCUT2D eigenvalue weighted by molar-refractivity contribution is 0.235.